The molecule has 1 fully saturated rings. The van der Waals surface area contributed by atoms with Gasteiger partial charge in [0.05, 0.1) is 21.8 Å². The summed E-state index contributed by atoms with van der Waals surface area (Å²) < 4.78 is 5.85. The first kappa shape index (κ1) is 23.9. The van der Waals surface area contributed by atoms with Gasteiger partial charge in [0.15, 0.2) is 11.2 Å². The molecule has 1 aliphatic heterocycles. The number of hydrogen-bond donors (Lipinski definition) is 0. The Kier molecular flexibility index (Phi) is 6.24. The molecule has 5 rings (SSSR count). The fourth-order valence-electron chi connectivity index (χ4n) is 3.78. The number of hydrogen-bond acceptors (Lipinski definition) is 8. The summed E-state index contributed by atoms with van der Waals surface area (Å²) in [6.45, 7) is -0.472. The van der Waals surface area contributed by atoms with Crippen LogP contribution in [0.4, 0.5) is 10.5 Å². The summed E-state index contributed by atoms with van der Waals surface area (Å²) in [6, 6.07) is 20.3. The minimum Gasteiger partial charge on any atom is -0.456 e. The average Bonchev–Trinajstić information content (AvgIpc) is 3.16. The van der Waals surface area contributed by atoms with Crippen molar-refractivity contribution >= 4 is 51.4 Å². The SMILES string of the molecule is O=C(CN1C(=O)S/C(=C/c2ccc(-c3cc(=O)c4ccccc4o3)cc2)C1=O)c1ccc([N+](=O)[O-])cc1. The van der Waals surface area contributed by atoms with E-state index in [1.807, 2.05) is 0 Å². The zero-order valence-corrected chi connectivity index (χ0v) is 19.8. The zero-order valence-electron chi connectivity index (χ0n) is 19.0. The average molecular weight is 512 g/mol. The molecule has 1 aromatic heterocycles. The maximum atomic E-state index is 12.8. The number of nitro benzene ring substituents is 1. The van der Waals surface area contributed by atoms with E-state index >= 15 is 0 Å². The molecule has 0 saturated carbocycles. The molecule has 0 bridgehead atoms. The summed E-state index contributed by atoms with van der Waals surface area (Å²) in [7, 11) is 0. The molecule has 0 unspecified atom stereocenters. The van der Waals surface area contributed by atoms with E-state index in [-0.39, 0.29) is 21.6 Å². The summed E-state index contributed by atoms with van der Waals surface area (Å²) in [4.78, 5) is 61.3. The lowest BCUT2D eigenvalue weighted by molar-refractivity contribution is -0.384. The number of para-hydroxylation sites is 1. The van der Waals surface area contributed by atoms with Crippen LogP contribution < -0.4 is 5.43 Å². The third kappa shape index (κ3) is 4.82. The molecular weight excluding hydrogens is 496 g/mol. The first-order valence-electron chi connectivity index (χ1n) is 11.0. The zero-order chi connectivity index (χ0) is 26.1. The lowest BCUT2D eigenvalue weighted by Gasteiger charge is -2.11. The second-order valence-corrected chi connectivity index (χ2v) is 9.08. The highest BCUT2D eigenvalue weighted by Crippen LogP contribution is 2.33. The van der Waals surface area contributed by atoms with E-state index in [4.69, 9.17) is 4.42 Å². The number of nitro groups is 1. The van der Waals surface area contributed by atoms with Crippen LogP contribution in [0.2, 0.25) is 0 Å². The molecule has 1 aliphatic rings. The van der Waals surface area contributed by atoms with Gasteiger partial charge in [-0.15, -0.1) is 0 Å². The predicted molar refractivity (Wildman–Crippen MR) is 138 cm³/mol. The van der Waals surface area contributed by atoms with Gasteiger partial charge in [-0.3, -0.25) is 34.2 Å². The maximum absolute atomic E-state index is 12.8. The van der Waals surface area contributed by atoms with Gasteiger partial charge >= 0.3 is 0 Å². The van der Waals surface area contributed by atoms with Gasteiger partial charge in [-0.2, -0.15) is 0 Å². The fraction of sp³-hybridized carbons (Fsp3) is 0.0370. The van der Waals surface area contributed by atoms with Crippen molar-refractivity contribution in [2.75, 3.05) is 6.54 Å². The van der Waals surface area contributed by atoms with Gasteiger partial charge in [-0.1, -0.05) is 36.4 Å². The molecule has 0 aliphatic carbocycles. The lowest BCUT2D eigenvalue weighted by Crippen LogP contribution is -2.33. The Hall–Kier alpha value is -4.83. The number of carbonyl (C=O) groups excluding carboxylic acids is 3. The van der Waals surface area contributed by atoms with Gasteiger partial charge in [-0.25, -0.2) is 0 Å². The number of nitrogens with zero attached hydrogens (tertiary/aromatic N) is 2. The number of fused-ring (bicyclic) bond motifs is 1. The normalized spacial score (nSPS) is 14.5. The Morgan fingerprint density at radius 2 is 1.68 bits per heavy atom. The van der Waals surface area contributed by atoms with Gasteiger partial charge in [0, 0.05) is 29.3 Å². The summed E-state index contributed by atoms with van der Waals surface area (Å²) in [5.74, 6) is -0.713. The number of carbonyl (C=O) groups is 3. The van der Waals surface area contributed by atoms with Crippen LogP contribution >= 0.6 is 11.8 Å². The number of benzene rings is 3. The molecule has 2 heterocycles. The van der Waals surface area contributed by atoms with Crippen LogP contribution in [0, 0.1) is 10.1 Å². The number of non-ortho nitro benzene ring substituents is 1. The van der Waals surface area contributed by atoms with E-state index in [9.17, 15) is 29.3 Å². The van der Waals surface area contributed by atoms with Crippen LogP contribution in [-0.2, 0) is 4.79 Å². The maximum Gasteiger partial charge on any atom is 0.293 e. The minimum absolute atomic E-state index is 0.155. The van der Waals surface area contributed by atoms with Crippen molar-refractivity contribution in [3.63, 3.8) is 0 Å². The van der Waals surface area contributed by atoms with Crippen LogP contribution in [0.15, 0.2) is 93.0 Å². The molecule has 2 amide bonds. The molecule has 9 nitrogen and oxygen atoms in total. The second kappa shape index (κ2) is 9.67. The largest absolute Gasteiger partial charge is 0.456 e. The Balaban J connectivity index is 1.32. The molecule has 3 aromatic carbocycles. The molecule has 0 atom stereocenters. The monoisotopic (exact) mass is 512 g/mol. The number of ketones is 1. The Labute approximate surface area is 213 Å². The van der Waals surface area contributed by atoms with Crippen LogP contribution in [-0.4, -0.2) is 33.3 Å². The van der Waals surface area contributed by atoms with Crippen LogP contribution in [0.3, 0.4) is 0 Å². The van der Waals surface area contributed by atoms with Crippen LogP contribution in [0.5, 0.6) is 0 Å². The lowest BCUT2D eigenvalue weighted by atomic mass is 10.1. The minimum atomic E-state index is -0.602. The standard InChI is InChI=1S/C27H16N2O7S/c30-21-14-24(36-23-4-2-1-3-20(21)23)18-7-5-16(6-8-18)13-25-26(32)28(27(33)37-25)15-22(31)17-9-11-19(12-10-17)29(34)35/h1-14H,15H2/b25-13+. The van der Waals surface area contributed by atoms with E-state index in [1.165, 1.54) is 30.3 Å². The van der Waals surface area contributed by atoms with Gasteiger partial charge < -0.3 is 4.42 Å². The molecule has 182 valence electrons. The van der Waals surface area contributed by atoms with Gasteiger partial charge in [0.1, 0.15) is 11.3 Å². The number of imide groups is 1. The Morgan fingerprint density at radius 3 is 2.38 bits per heavy atom. The van der Waals surface area contributed by atoms with Crippen molar-refractivity contribution in [3.05, 3.63) is 115 Å². The molecule has 1 saturated heterocycles. The smallest absolute Gasteiger partial charge is 0.293 e. The summed E-state index contributed by atoms with van der Waals surface area (Å²) in [5.41, 5.74) is 1.62. The van der Waals surface area contributed by atoms with Gasteiger partial charge in [-0.05, 0) is 47.7 Å². The molecule has 37 heavy (non-hydrogen) atoms. The van der Waals surface area contributed by atoms with Crippen LogP contribution in [0.25, 0.3) is 28.4 Å². The van der Waals surface area contributed by atoms with E-state index in [0.717, 1.165) is 16.7 Å². The van der Waals surface area contributed by atoms with Crippen LogP contribution in [0.1, 0.15) is 15.9 Å². The molecule has 10 heteroatoms. The summed E-state index contributed by atoms with van der Waals surface area (Å²) in [5, 5.41) is 10.7. The highest BCUT2D eigenvalue weighted by Gasteiger charge is 2.36. The van der Waals surface area contributed by atoms with Crippen molar-refractivity contribution in [1.29, 1.82) is 0 Å². The van der Waals surface area contributed by atoms with Gasteiger partial charge in [0.2, 0.25) is 0 Å². The van der Waals surface area contributed by atoms with E-state index in [0.29, 0.717) is 27.9 Å². The molecule has 0 N–H and O–H groups in total. The van der Waals surface area contributed by atoms with Crippen molar-refractivity contribution in [1.82, 2.24) is 4.90 Å². The van der Waals surface area contributed by atoms with Crippen molar-refractivity contribution in [2.24, 2.45) is 0 Å². The van der Waals surface area contributed by atoms with E-state index in [2.05, 4.69) is 0 Å². The van der Waals surface area contributed by atoms with E-state index < -0.39 is 28.4 Å². The topological polar surface area (TPSA) is 128 Å². The van der Waals surface area contributed by atoms with Crippen molar-refractivity contribution < 1.29 is 23.7 Å². The number of amides is 2. The third-order valence-electron chi connectivity index (χ3n) is 5.70. The first-order chi connectivity index (χ1) is 17.8. The molecular formula is C27H16N2O7S. The van der Waals surface area contributed by atoms with E-state index in [1.54, 1.807) is 54.6 Å². The Bertz CT molecular complexity index is 1670. The predicted octanol–water partition coefficient (Wildman–Crippen LogP) is 5.29. The number of thioether (sulfide) groups is 1. The number of rotatable bonds is 6. The van der Waals surface area contributed by atoms with Gasteiger partial charge in [0.25, 0.3) is 16.8 Å². The quantitative estimate of drug-likeness (QED) is 0.148. The summed E-state index contributed by atoms with van der Waals surface area (Å²) in [6.07, 6.45) is 1.54. The first-order valence-corrected chi connectivity index (χ1v) is 11.8. The molecule has 0 spiro atoms. The third-order valence-corrected chi connectivity index (χ3v) is 6.61. The highest BCUT2D eigenvalue weighted by molar-refractivity contribution is 8.18. The second-order valence-electron chi connectivity index (χ2n) is 8.09. The number of Topliss-reactive ketones (excluding diaryl/α,β-unsaturated/α-hetero) is 1. The summed E-state index contributed by atoms with van der Waals surface area (Å²) >= 11 is 0.721. The highest BCUT2D eigenvalue weighted by atomic mass is 32.2. The van der Waals surface area contributed by atoms with Crippen molar-refractivity contribution in [3.8, 4) is 11.3 Å². The molecule has 0 radical (unpaired) electrons. The fourth-order valence-corrected chi connectivity index (χ4v) is 4.62. The van der Waals surface area contributed by atoms with Crippen molar-refractivity contribution in [2.45, 2.75) is 0 Å². The molecule has 4 aromatic rings. The Morgan fingerprint density at radius 1 is 0.973 bits per heavy atom.